The highest BCUT2D eigenvalue weighted by Crippen LogP contribution is 2.37. The Morgan fingerprint density at radius 1 is 1.28 bits per heavy atom. The molecule has 7 heteroatoms. The third kappa shape index (κ3) is 2.82. The molecule has 0 saturated carbocycles. The van der Waals surface area contributed by atoms with Crippen molar-refractivity contribution >= 4 is 23.3 Å². The van der Waals surface area contributed by atoms with Gasteiger partial charge in [-0.1, -0.05) is 12.1 Å². The number of amides is 2. The zero-order valence-corrected chi connectivity index (χ0v) is 14.1. The molecular weight excluding hydrogens is 325 g/mol. The van der Waals surface area contributed by atoms with Gasteiger partial charge in [0, 0.05) is 12.2 Å². The van der Waals surface area contributed by atoms with E-state index < -0.39 is 23.2 Å². The van der Waals surface area contributed by atoms with E-state index >= 15 is 0 Å². The van der Waals surface area contributed by atoms with Gasteiger partial charge in [-0.25, -0.2) is 9.37 Å². The highest BCUT2D eigenvalue weighted by molar-refractivity contribution is 6.19. The Morgan fingerprint density at radius 2 is 2.00 bits per heavy atom. The monoisotopic (exact) mass is 343 g/mol. The first-order chi connectivity index (χ1) is 11.8. The average Bonchev–Trinajstić information content (AvgIpc) is 2.57. The minimum atomic E-state index is -1.83. The number of para-hydroxylation sites is 1. The summed E-state index contributed by atoms with van der Waals surface area (Å²) in [5, 5.41) is 2.43. The van der Waals surface area contributed by atoms with E-state index in [1.807, 2.05) is 13.8 Å². The van der Waals surface area contributed by atoms with Crippen molar-refractivity contribution in [2.75, 3.05) is 10.2 Å². The van der Waals surface area contributed by atoms with E-state index in [9.17, 15) is 14.0 Å². The van der Waals surface area contributed by atoms with Crippen molar-refractivity contribution in [2.24, 2.45) is 0 Å². The molecule has 2 heterocycles. The number of carbonyl (C=O) groups excluding carboxylic acids is 2. The van der Waals surface area contributed by atoms with Gasteiger partial charge in [-0.15, -0.1) is 0 Å². The number of carbonyl (C=O) groups is 2. The van der Waals surface area contributed by atoms with Gasteiger partial charge in [-0.05, 0) is 45.0 Å². The summed E-state index contributed by atoms with van der Waals surface area (Å²) in [4.78, 5) is 31.3. The number of nitrogens with one attached hydrogen (secondary N) is 1. The molecule has 1 aliphatic rings. The van der Waals surface area contributed by atoms with Crippen LogP contribution in [0, 0.1) is 5.82 Å². The van der Waals surface area contributed by atoms with Gasteiger partial charge in [-0.2, -0.15) is 0 Å². The summed E-state index contributed by atoms with van der Waals surface area (Å²) >= 11 is 0. The van der Waals surface area contributed by atoms with Gasteiger partial charge in [0.25, 0.3) is 17.4 Å². The van der Waals surface area contributed by atoms with Crippen LogP contribution in [0.2, 0.25) is 0 Å². The van der Waals surface area contributed by atoms with E-state index in [0.717, 1.165) is 0 Å². The number of benzene rings is 1. The molecule has 3 rings (SSSR count). The van der Waals surface area contributed by atoms with Crippen molar-refractivity contribution in [1.29, 1.82) is 0 Å². The van der Waals surface area contributed by atoms with Crippen LogP contribution in [-0.2, 0) is 9.59 Å². The number of anilines is 2. The third-order valence-electron chi connectivity index (χ3n) is 3.99. The molecule has 1 aromatic heterocycles. The van der Waals surface area contributed by atoms with Gasteiger partial charge in [0.1, 0.15) is 5.82 Å². The van der Waals surface area contributed by atoms with Crippen molar-refractivity contribution in [3.63, 3.8) is 0 Å². The summed E-state index contributed by atoms with van der Waals surface area (Å²) in [6, 6.07) is 8.80. The summed E-state index contributed by atoms with van der Waals surface area (Å²) in [5.41, 5.74) is -1.85. The number of fused-ring (bicyclic) bond motifs is 1. The highest BCUT2D eigenvalue weighted by Gasteiger charge is 2.52. The van der Waals surface area contributed by atoms with Crippen molar-refractivity contribution in [1.82, 2.24) is 4.98 Å². The largest absolute Gasteiger partial charge is 0.464 e. The molecule has 1 N–H and O–H groups in total. The number of ether oxygens (including phenoxy) is 1. The Morgan fingerprint density at radius 3 is 2.68 bits per heavy atom. The predicted molar refractivity (Wildman–Crippen MR) is 90.9 cm³/mol. The maximum Gasteiger partial charge on any atom is 0.282 e. The van der Waals surface area contributed by atoms with Gasteiger partial charge in [-0.3, -0.25) is 14.5 Å². The molecule has 1 aromatic carbocycles. The number of hydrogen-bond donors (Lipinski definition) is 1. The van der Waals surface area contributed by atoms with Crippen LogP contribution in [0.1, 0.15) is 20.8 Å². The third-order valence-corrected chi connectivity index (χ3v) is 3.99. The second-order valence-corrected chi connectivity index (χ2v) is 6.16. The summed E-state index contributed by atoms with van der Waals surface area (Å²) in [6.45, 7) is 5.00. The van der Waals surface area contributed by atoms with Crippen LogP contribution in [0.3, 0.4) is 0 Å². The molecule has 1 atom stereocenters. The van der Waals surface area contributed by atoms with E-state index in [2.05, 4.69) is 10.3 Å². The Balaban J connectivity index is 1.99. The second kappa shape index (κ2) is 6.16. The van der Waals surface area contributed by atoms with Crippen LogP contribution in [0.4, 0.5) is 15.9 Å². The second-order valence-electron chi connectivity index (χ2n) is 6.16. The first-order valence-corrected chi connectivity index (χ1v) is 7.88. The first kappa shape index (κ1) is 16.9. The van der Waals surface area contributed by atoms with E-state index in [-0.39, 0.29) is 11.7 Å². The molecule has 1 aliphatic heterocycles. The summed E-state index contributed by atoms with van der Waals surface area (Å²) in [7, 11) is 0. The van der Waals surface area contributed by atoms with Crippen LogP contribution in [0.25, 0.3) is 0 Å². The van der Waals surface area contributed by atoms with Gasteiger partial charge < -0.3 is 10.1 Å². The topological polar surface area (TPSA) is 71.5 Å². The van der Waals surface area contributed by atoms with Crippen LogP contribution in [0.5, 0.6) is 5.75 Å². The number of hydrogen-bond acceptors (Lipinski definition) is 4. The normalized spacial score (nSPS) is 19.4. The minimum absolute atomic E-state index is 0.0156. The summed E-state index contributed by atoms with van der Waals surface area (Å²) in [5.74, 6) is -1.21. The summed E-state index contributed by atoms with van der Waals surface area (Å²) < 4.78 is 19.5. The number of nitrogens with zero attached hydrogens (tertiary/aromatic N) is 2. The van der Waals surface area contributed by atoms with Crippen molar-refractivity contribution in [2.45, 2.75) is 32.4 Å². The molecule has 0 spiro atoms. The maximum atomic E-state index is 13.8. The van der Waals surface area contributed by atoms with Crippen molar-refractivity contribution in [3.8, 4) is 5.75 Å². The van der Waals surface area contributed by atoms with Crippen LogP contribution < -0.4 is 15.0 Å². The van der Waals surface area contributed by atoms with E-state index in [1.165, 1.54) is 30.0 Å². The Labute approximate surface area is 144 Å². The number of halogens is 1. The lowest BCUT2D eigenvalue weighted by Gasteiger charge is -2.40. The van der Waals surface area contributed by atoms with Crippen LogP contribution in [0.15, 0.2) is 42.6 Å². The molecular formula is C18H18FN3O3. The quantitative estimate of drug-likeness (QED) is 0.870. The fourth-order valence-electron chi connectivity index (χ4n) is 2.66. The van der Waals surface area contributed by atoms with Crippen LogP contribution >= 0.6 is 0 Å². The predicted octanol–water partition coefficient (Wildman–Crippen LogP) is 2.75. The van der Waals surface area contributed by atoms with E-state index in [0.29, 0.717) is 11.6 Å². The standard InChI is InChI=1S/C18H18FN3O3/c1-11(2)22-15-14(9-6-10-20-15)25-18(3,17(22)24)16(23)21-13-8-5-4-7-12(13)19/h4-11H,1-3H3,(H,21,23)/t18-/m0/s1. The molecule has 6 nitrogen and oxygen atoms in total. The van der Waals surface area contributed by atoms with E-state index in [4.69, 9.17) is 4.74 Å². The lowest BCUT2D eigenvalue weighted by atomic mass is 9.99. The maximum absolute atomic E-state index is 13.8. The lowest BCUT2D eigenvalue weighted by molar-refractivity contribution is -0.145. The van der Waals surface area contributed by atoms with E-state index in [1.54, 1.807) is 24.4 Å². The molecule has 2 aromatic rings. The average molecular weight is 343 g/mol. The zero-order chi connectivity index (χ0) is 18.2. The fourth-order valence-corrected chi connectivity index (χ4v) is 2.66. The Kier molecular flexibility index (Phi) is 4.16. The number of pyridine rings is 1. The summed E-state index contributed by atoms with van der Waals surface area (Å²) in [6.07, 6.45) is 1.55. The first-order valence-electron chi connectivity index (χ1n) is 7.88. The number of rotatable bonds is 3. The highest BCUT2D eigenvalue weighted by atomic mass is 19.1. The Bertz CT molecular complexity index is 840. The van der Waals surface area contributed by atoms with Gasteiger partial charge in [0.15, 0.2) is 11.6 Å². The zero-order valence-electron chi connectivity index (χ0n) is 14.1. The molecule has 0 saturated heterocycles. The molecule has 0 fully saturated rings. The molecule has 2 amide bonds. The fraction of sp³-hybridized carbons (Fsp3) is 0.278. The molecule has 0 radical (unpaired) electrons. The van der Waals surface area contributed by atoms with Gasteiger partial charge in [0.2, 0.25) is 0 Å². The smallest absolute Gasteiger partial charge is 0.282 e. The van der Waals surface area contributed by atoms with Crippen molar-refractivity contribution in [3.05, 3.63) is 48.4 Å². The minimum Gasteiger partial charge on any atom is -0.464 e. The molecule has 0 aliphatic carbocycles. The molecule has 25 heavy (non-hydrogen) atoms. The SMILES string of the molecule is CC(C)N1C(=O)[C@](C)(C(=O)Nc2ccccc2F)Oc2cccnc21. The van der Waals surface area contributed by atoms with Crippen molar-refractivity contribution < 1.29 is 18.7 Å². The molecule has 130 valence electrons. The van der Waals surface area contributed by atoms with Crippen LogP contribution in [-0.4, -0.2) is 28.4 Å². The molecule has 0 bridgehead atoms. The molecule has 0 unspecified atom stereocenters. The lowest BCUT2D eigenvalue weighted by Crippen LogP contribution is -2.62. The Hall–Kier alpha value is -2.96. The van der Waals surface area contributed by atoms with Gasteiger partial charge >= 0.3 is 0 Å². The number of aromatic nitrogens is 1. The van der Waals surface area contributed by atoms with Gasteiger partial charge in [0.05, 0.1) is 5.69 Å².